The monoisotopic (exact) mass is 286 g/mol. The van der Waals surface area contributed by atoms with Gasteiger partial charge in [0.05, 0.1) is 7.11 Å². The van der Waals surface area contributed by atoms with Crippen LogP contribution in [0.25, 0.3) is 0 Å². The Morgan fingerprint density at radius 2 is 2.00 bits per heavy atom. The molecule has 5 heteroatoms. The Bertz CT molecular complexity index is 613. The third-order valence-corrected chi connectivity index (χ3v) is 3.43. The van der Waals surface area contributed by atoms with Gasteiger partial charge in [0.25, 0.3) is 0 Å². The van der Waals surface area contributed by atoms with E-state index >= 15 is 0 Å². The predicted molar refractivity (Wildman–Crippen MR) is 85.7 cm³/mol. The summed E-state index contributed by atoms with van der Waals surface area (Å²) in [6, 6.07) is 8.02. The fourth-order valence-corrected chi connectivity index (χ4v) is 2.14. The molecule has 0 unspecified atom stereocenters. The van der Waals surface area contributed by atoms with E-state index in [1.165, 1.54) is 5.56 Å². The van der Waals surface area contributed by atoms with E-state index in [9.17, 15) is 0 Å². The van der Waals surface area contributed by atoms with Gasteiger partial charge in [-0.25, -0.2) is 9.97 Å². The summed E-state index contributed by atoms with van der Waals surface area (Å²) in [7, 11) is 1.69. The Morgan fingerprint density at radius 3 is 2.71 bits per heavy atom. The molecule has 112 valence electrons. The van der Waals surface area contributed by atoms with Crippen molar-refractivity contribution in [2.75, 3.05) is 24.7 Å². The summed E-state index contributed by atoms with van der Waals surface area (Å²) < 4.78 is 5.35. The number of nitrogens with zero attached hydrogens (tertiary/aromatic N) is 2. The van der Waals surface area contributed by atoms with E-state index in [1.54, 1.807) is 7.11 Å². The van der Waals surface area contributed by atoms with E-state index in [0.717, 1.165) is 42.3 Å². The molecule has 3 N–H and O–H groups in total. The largest absolute Gasteiger partial charge is 0.496 e. The molecule has 1 heterocycles. The number of ether oxygens (including phenoxy) is 1. The van der Waals surface area contributed by atoms with Gasteiger partial charge in [-0.1, -0.05) is 25.1 Å². The average Bonchev–Trinajstić information content (AvgIpc) is 2.51. The molecule has 2 aromatic rings. The standard InChI is InChI=1S/C16H22N4O/c1-4-14-19-15(17)11(2)16(20-14)18-10-9-12-7-5-6-8-13(12)21-3/h5-8H,4,9-10H2,1-3H3,(H3,17,18,19,20). The second-order valence-electron chi connectivity index (χ2n) is 4.84. The Morgan fingerprint density at radius 1 is 1.24 bits per heavy atom. The second-order valence-corrected chi connectivity index (χ2v) is 4.84. The topological polar surface area (TPSA) is 73.1 Å². The van der Waals surface area contributed by atoms with Crippen LogP contribution >= 0.6 is 0 Å². The molecule has 0 spiro atoms. The number of nitrogen functional groups attached to an aromatic ring is 1. The lowest BCUT2D eigenvalue weighted by Crippen LogP contribution is -2.12. The van der Waals surface area contributed by atoms with Crippen molar-refractivity contribution in [1.82, 2.24) is 9.97 Å². The number of aryl methyl sites for hydroxylation is 1. The van der Waals surface area contributed by atoms with Crippen LogP contribution in [0.3, 0.4) is 0 Å². The van der Waals surface area contributed by atoms with Gasteiger partial charge in [-0.2, -0.15) is 0 Å². The summed E-state index contributed by atoms with van der Waals surface area (Å²) in [6.07, 6.45) is 1.63. The molecule has 2 rings (SSSR count). The molecule has 1 aromatic heterocycles. The van der Waals surface area contributed by atoms with Crippen LogP contribution in [-0.4, -0.2) is 23.6 Å². The van der Waals surface area contributed by atoms with Gasteiger partial charge in [0.2, 0.25) is 0 Å². The van der Waals surface area contributed by atoms with Gasteiger partial charge in [-0.3, -0.25) is 0 Å². The lowest BCUT2D eigenvalue weighted by atomic mass is 10.1. The SMILES string of the molecule is CCc1nc(N)c(C)c(NCCc2ccccc2OC)n1. The fraction of sp³-hybridized carbons (Fsp3) is 0.375. The third-order valence-electron chi connectivity index (χ3n) is 3.43. The molecule has 0 atom stereocenters. The number of benzene rings is 1. The summed E-state index contributed by atoms with van der Waals surface area (Å²) in [4.78, 5) is 8.74. The first kappa shape index (κ1) is 15.1. The number of hydrogen-bond donors (Lipinski definition) is 2. The average molecular weight is 286 g/mol. The van der Waals surface area contributed by atoms with Gasteiger partial charge in [0.1, 0.15) is 23.2 Å². The highest BCUT2D eigenvalue weighted by molar-refractivity contribution is 5.54. The Kier molecular flexibility index (Phi) is 4.98. The number of methoxy groups -OCH3 is 1. The summed E-state index contributed by atoms with van der Waals surface area (Å²) in [6.45, 7) is 4.71. The minimum absolute atomic E-state index is 0.543. The first-order chi connectivity index (χ1) is 10.2. The zero-order valence-corrected chi connectivity index (χ0v) is 12.8. The second kappa shape index (κ2) is 6.92. The van der Waals surface area contributed by atoms with Crippen LogP contribution in [0.15, 0.2) is 24.3 Å². The van der Waals surface area contributed by atoms with Crippen molar-refractivity contribution in [2.45, 2.75) is 26.7 Å². The molecule has 5 nitrogen and oxygen atoms in total. The van der Waals surface area contributed by atoms with Gasteiger partial charge < -0.3 is 15.8 Å². The molecule has 0 saturated carbocycles. The quantitative estimate of drug-likeness (QED) is 0.854. The maximum Gasteiger partial charge on any atom is 0.134 e. The lowest BCUT2D eigenvalue weighted by molar-refractivity contribution is 0.410. The number of anilines is 2. The Labute approximate surface area is 125 Å². The molecular formula is C16H22N4O. The molecule has 0 saturated heterocycles. The lowest BCUT2D eigenvalue weighted by Gasteiger charge is -2.12. The van der Waals surface area contributed by atoms with E-state index in [0.29, 0.717) is 5.82 Å². The van der Waals surface area contributed by atoms with Gasteiger partial charge in [-0.05, 0) is 25.0 Å². The van der Waals surface area contributed by atoms with E-state index in [4.69, 9.17) is 10.5 Å². The van der Waals surface area contributed by atoms with Crippen molar-refractivity contribution in [1.29, 1.82) is 0 Å². The maximum atomic E-state index is 5.91. The number of hydrogen-bond acceptors (Lipinski definition) is 5. The number of para-hydroxylation sites is 1. The first-order valence-corrected chi connectivity index (χ1v) is 7.14. The Hall–Kier alpha value is -2.30. The van der Waals surface area contributed by atoms with Crippen LogP contribution in [0.2, 0.25) is 0 Å². The molecule has 0 aliphatic heterocycles. The molecule has 0 amide bonds. The van der Waals surface area contributed by atoms with Crippen LogP contribution in [0.4, 0.5) is 11.6 Å². The molecule has 0 fully saturated rings. The zero-order valence-electron chi connectivity index (χ0n) is 12.8. The normalized spacial score (nSPS) is 10.4. The van der Waals surface area contributed by atoms with Crippen LogP contribution < -0.4 is 15.8 Å². The van der Waals surface area contributed by atoms with Crippen molar-refractivity contribution in [2.24, 2.45) is 0 Å². The Balaban J connectivity index is 2.05. The van der Waals surface area contributed by atoms with Gasteiger partial charge in [0, 0.05) is 18.5 Å². The molecule has 0 radical (unpaired) electrons. The van der Waals surface area contributed by atoms with Crippen molar-refractivity contribution < 1.29 is 4.74 Å². The summed E-state index contributed by atoms with van der Waals surface area (Å²) in [5, 5.41) is 3.34. The minimum Gasteiger partial charge on any atom is -0.496 e. The van der Waals surface area contributed by atoms with E-state index in [1.807, 2.05) is 32.0 Å². The van der Waals surface area contributed by atoms with Crippen LogP contribution in [0, 0.1) is 6.92 Å². The van der Waals surface area contributed by atoms with Crippen molar-refractivity contribution in [3.63, 3.8) is 0 Å². The number of nitrogens with two attached hydrogens (primary N) is 1. The highest BCUT2D eigenvalue weighted by atomic mass is 16.5. The molecule has 1 aromatic carbocycles. The first-order valence-electron chi connectivity index (χ1n) is 7.14. The zero-order chi connectivity index (χ0) is 15.2. The van der Waals surface area contributed by atoms with Crippen LogP contribution in [-0.2, 0) is 12.8 Å². The molecule has 21 heavy (non-hydrogen) atoms. The highest BCUT2D eigenvalue weighted by Crippen LogP contribution is 2.20. The van der Waals surface area contributed by atoms with Crippen molar-refractivity contribution >= 4 is 11.6 Å². The maximum absolute atomic E-state index is 5.91. The van der Waals surface area contributed by atoms with E-state index in [2.05, 4.69) is 21.4 Å². The van der Waals surface area contributed by atoms with Crippen LogP contribution in [0.1, 0.15) is 23.9 Å². The molecular weight excluding hydrogens is 264 g/mol. The minimum atomic E-state index is 0.543. The van der Waals surface area contributed by atoms with E-state index < -0.39 is 0 Å². The number of nitrogens with one attached hydrogen (secondary N) is 1. The molecule has 0 aliphatic carbocycles. The van der Waals surface area contributed by atoms with Crippen molar-refractivity contribution in [3.05, 3.63) is 41.2 Å². The molecule has 0 bridgehead atoms. The number of aromatic nitrogens is 2. The smallest absolute Gasteiger partial charge is 0.134 e. The third kappa shape index (κ3) is 3.62. The van der Waals surface area contributed by atoms with Crippen LogP contribution in [0.5, 0.6) is 5.75 Å². The summed E-state index contributed by atoms with van der Waals surface area (Å²) in [5.74, 6) is 3.03. The summed E-state index contributed by atoms with van der Waals surface area (Å²) >= 11 is 0. The van der Waals surface area contributed by atoms with E-state index in [-0.39, 0.29) is 0 Å². The fourth-order valence-electron chi connectivity index (χ4n) is 2.14. The summed E-state index contributed by atoms with van der Waals surface area (Å²) in [5.41, 5.74) is 7.98. The van der Waals surface area contributed by atoms with Gasteiger partial charge in [-0.15, -0.1) is 0 Å². The number of rotatable bonds is 6. The highest BCUT2D eigenvalue weighted by Gasteiger charge is 2.08. The van der Waals surface area contributed by atoms with Crippen molar-refractivity contribution in [3.8, 4) is 5.75 Å². The van der Waals surface area contributed by atoms with Gasteiger partial charge in [0.15, 0.2) is 0 Å². The van der Waals surface area contributed by atoms with Gasteiger partial charge >= 0.3 is 0 Å². The molecule has 0 aliphatic rings. The predicted octanol–water partition coefficient (Wildman–Crippen LogP) is 2.59.